The van der Waals surface area contributed by atoms with Crippen molar-refractivity contribution in [3.63, 3.8) is 0 Å². The predicted molar refractivity (Wildman–Crippen MR) is 119 cm³/mol. The maximum Gasteiger partial charge on any atom is 0.191 e. The Bertz CT molecular complexity index is 714. The molecule has 2 rings (SSSR count). The van der Waals surface area contributed by atoms with Crippen molar-refractivity contribution in [1.82, 2.24) is 15.6 Å². The van der Waals surface area contributed by atoms with Crippen molar-refractivity contribution in [3.8, 4) is 11.5 Å². The van der Waals surface area contributed by atoms with Gasteiger partial charge >= 0.3 is 0 Å². The molecule has 1 aromatic heterocycles. The van der Waals surface area contributed by atoms with E-state index in [1.165, 1.54) is 0 Å². The second kappa shape index (κ2) is 11.9. The van der Waals surface area contributed by atoms with Gasteiger partial charge in [-0.25, -0.2) is 0 Å². The minimum absolute atomic E-state index is 0. The second-order valence-electron chi connectivity index (χ2n) is 5.22. The molecule has 2 aromatic rings. The third kappa shape index (κ3) is 6.64. The molecule has 8 heteroatoms. The number of benzene rings is 1. The van der Waals surface area contributed by atoms with Gasteiger partial charge < -0.3 is 20.1 Å². The van der Waals surface area contributed by atoms with Gasteiger partial charge in [0.15, 0.2) is 17.5 Å². The molecule has 0 unspecified atom stereocenters. The molecule has 26 heavy (non-hydrogen) atoms. The third-order valence-electron chi connectivity index (χ3n) is 3.62. The van der Waals surface area contributed by atoms with E-state index in [2.05, 4.69) is 36.5 Å². The van der Waals surface area contributed by atoms with E-state index in [-0.39, 0.29) is 24.0 Å². The fraction of sp³-hybridized carbons (Fsp3) is 0.333. The standard InChI is InChI=1S/C18H23BrN4O2.HI/c1-20-18(22-9-7-14-6-4-5-8-21-14)23-12-13-10-16(24-2)17(25-3)11-15(13)19;/h4-6,8,10-11H,7,9,12H2,1-3H3,(H2,20,22,23);1H. The van der Waals surface area contributed by atoms with E-state index in [9.17, 15) is 0 Å². The number of halogens is 2. The highest BCUT2D eigenvalue weighted by Gasteiger charge is 2.10. The number of hydrogen-bond donors (Lipinski definition) is 2. The Kier molecular flexibility index (Phi) is 10.3. The molecule has 6 nitrogen and oxygen atoms in total. The van der Waals surface area contributed by atoms with Crippen LogP contribution in [0, 0.1) is 0 Å². The Hall–Kier alpha value is -1.55. The van der Waals surface area contributed by atoms with Gasteiger partial charge in [-0.2, -0.15) is 0 Å². The summed E-state index contributed by atoms with van der Waals surface area (Å²) in [5.41, 5.74) is 2.10. The quantitative estimate of drug-likeness (QED) is 0.324. The second-order valence-corrected chi connectivity index (χ2v) is 6.08. The Balaban J connectivity index is 0.00000338. The fourth-order valence-corrected chi connectivity index (χ4v) is 2.75. The molecular weight excluding hydrogens is 511 g/mol. The number of guanidine groups is 1. The van der Waals surface area contributed by atoms with Crippen LogP contribution in [0.25, 0.3) is 0 Å². The Labute approximate surface area is 179 Å². The van der Waals surface area contributed by atoms with Crippen LogP contribution in [0.4, 0.5) is 0 Å². The normalized spacial score (nSPS) is 10.7. The van der Waals surface area contributed by atoms with E-state index in [1.54, 1.807) is 27.5 Å². The molecule has 0 radical (unpaired) electrons. The average Bonchev–Trinajstić information content (AvgIpc) is 2.65. The van der Waals surface area contributed by atoms with Gasteiger partial charge in [0.2, 0.25) is 0 Å². The number of ether oxygens (including phenoxy) is 2. The molecule has 0 atom stereocenters. The maximum absolute atomic E-state index is 5.35. The molecule has 2 N–H and O–H groups in total. The van der Waals surface area contributed by atoms with Gasteiger partial charge in [0.25, 0.3) is 0 Å². The van der Waals surface area contributed by atoms with Gasteiger partial charge in [0.1, 0.15) is 0 Å². The van der Waals surface area contributed by atoms with Crippen molar-refractivity contribution in [2.75, 3.05) is 27.8 Å². The van der Waals surface area contributed by atoms with Crippen molar-refractivity contribution in [2.24, 2.45) is 4.99 Å². The number of aliphatic imine (C=N–C) groups is 1. The van der Waals surface area contributed by atoms with Crippen molar-refractivity contribution < 1.29 is 9.47 Å². The first-order chi connectivity index (χ1) is 12.2. The van der Waals surface area contributed by atoms with Crippen molar-refractivity contribution in [2.45, 2.75) is 13.0 Å². The number of pyridine rings is 1. The van der Waals surface area contributed by atoms with Gasteiger partial charge in [-0.05, 0) is 29.8 Å². The monoisotopic (exact) mass is 534 g/mol. The maximum atomic E-state index is 5.35. The lowest BCUT2D eigenvalue weighted by atomic mass is 10.2. The van der Waals surface area contributed by atoms with Crippen LogP contribution in [0.5, 0.6) is 11.5 Å². The molecular formula is C18H24BrIN4O2. The van der Waals surface area contributed by atoms with Crippen LogP contribution >= 0.6 is 39.9 Å². The molecule has 0 fully saturated rings. The smallest absolute Gasteiger partial charge is 0.191 e. The molecule has 0 saturated carbocycles. The molecule has 1 aromatic carbocycles. The van der Waals surface area contributed by atoms with Gasteiger partial charge in [-0.1, -0.05) is 22.0 Å². The highest BCUT2D eigenvalue weighted by atomic mass is 127. The molecule has 1 heterocycles. The minimum Gasteiger partial charge on any atom is -0.493 e. The Morgan fingerprint density at radius 3 is 2.50 bits per heavy atom. The molecule has 142 valence electrons. The van der Waals surface area contributed by atoms with E-state index in [0.29, 0.717) is 18.0 Å². The molecule has 0 aliphatic rings. The Morgan fingerprint density at radius 2 is 1.88 bits per heavy atom. The van der Waals surface area contributed by atoms with Crippen LogP contribution in [0.15, 0.2) is 46.0 Å². The molecule has 0 amide bonds. The zero-order valence-corrected chi connectivity index (χ0v) is 19.0. The number of methoxy groups -OCH3 is 2. The van der Waals surface area contributed by atoms with E-state index in [4.69, 9.17) is 9.47 Å². The SMILES string of the molecule is CN=C(NCCc1ccccn1)NCc1cc(OC)c(OC)cc1Br.I. The van der Waals surface area contributed by atoms with Crippen LogP contribution in [-0.2, 0) is 13.0 Å². The predicted octanol–water partition coefficient (Wildman–Crippen LogP) is 3.39. The highest BCUT2D eigenvalue weighted by Crippen LogP contribution is 2.33. The first-order valence-electron chi connectivity index (χ1n) is 7.92. The lowest BCUT2D eigenvalue weighted by Gasteiger charge is -2.15. The summed E-state index contributed by atoms with van der Waals surface area (Å²) in [5, 5.41) is 6.58. The van der Waals surface area contributed by atoms with Crippen LogP contribution in [0.3, 0.4) is 0 Å². The first kappa shape index (κ1) is 22.5. The average molecular weight is 535 g/mol. The number of hydrogen-bond acceptors (Lipinski definition) is 4. The van der Waals surface area contributed by atoms with E-state index in [1.807, 2.05) is 30.3 Å². The zero-order chi connectivity index (χ0) is 18.1. The van der Waals surface area contributed by atoms with Crippen LogP contribution < -0.4 is 20.1 Å². The fourth-order valence-electron chi connectivity index (χ4n) is 2.29. The van der Waals surface area contributed by atoms with Gasteiger partial charge in [-0.3, -0.25) is 9.98 Å². The van der Waals surface area contributed by atoms with Gasteiger partial charge in [0, 0.05) is 42.9 Å². The number of nitrogens with one attached hydrogen (secondary N) is 2. The summed E-state index contributed by atoms with van der Waals surface area (Å²) in [4.78, 5) is 8.55. The summed E-state index contributed by atoms with van der Waals surface area (Å²) >= 11 is 3.56. The van der Waals surface area contributed by atoms with E-state index < -0.39 is 0 Å². The van der Waals surface area contributed by atoms with Crippen LogP contribution in [0.1, 0.15) is 11.3 Å². The number of nitrogens with zero attached hydrogens (tertiary/aromatic N) is 2. The Morgan fingerprint density at radius 1 is 1.15 bits per heavy atom. The lowest BCUT2D eigenvalue weighted by molar-refractivity contribution is 0.354. The van der Waals surface area contributed by atoms with Crippen molar-refractivity contribution in [3.05, 3.63) is 52.3 Å². The summed E-state index contributed by atoms with van der Waals surface area (Å²) in [6.07, 6.45) is 2.64. The molecule has 0 aliphatic carbocycles. The van der Waals surface area contributed by atoms with Gasteiger partial charge in [-0.15, -0.1) is 24.0 Å². The number of aromatic nitrogens is 1. The first-order valence-corrected chi connectivity index (χ1v) is 8.72. The van der Waals surface area contributed by atoms with E-state index in [0.717, 1.165) is 34.7 Å². The largest absolute Gasteiger partial charge is 0.493 e. The summed E-state index contributed by atoms with van der Waals surface area (Å²) < 4.78 is 11.6. The van der Waals surface area contributed by atoms with Crippen LogP contribution in [-0.4, -0.2) is 38.8 Å². The van der Waals surface area contributed by atoms with Crippen molar-refractivity contribution in [1.29, 1.82) is 0 Å². The number of rotatable bonds is 7. The summed E-state index contributed by atoms with van der Waals surface area (Å²) in [6.45, 7) is 1.36. The molecule has 0 saturated heterocycles. The van der Waals surface area contributed by atoms with Gasteiger partial charge in [0.05, 0.1) is 14.2 Å². The molecule has 0 aliphatic heterocycles. The topological polar surface area (TPSA) is 67.8 Å². The third-order valence-corrected chi connectivity index (χ3v) is 4.36. The summed E-state index contributed by atoms with van der Waals surface area (Å²) in [7, 11) is 5.00. The lowest BCUT2D eigenvalue weighted by Crippen LogP contribution is -2.38. The summed E-state index contributed by atoms with van der Waals surface area (Å²) in [5.74, 6) is 2.12. The molecule has 0 bridgehead atoms. The van der Waals surface area contributed by atoms with Crippen molar-refractivity contribution >= 4 is 45.9 Å². The highest BCUT2D eigenvalue weighted by molar-refractivity contribution is 14.0. The molecule has 0 spiro atoms. The van der Waals surface area contributed by atoms with Crippen LogP contribution in [0.2, 0.25) is 0 Å². The zero-order valence-electron chi connectivity index (χ0n) is 15.1. The summed E-state index contributed by atoms with van der Waals surface area (Å²) in [6, 6.07) is 9.76. The minimum atomic E-state index is 0. The van der Waals surface area contributed by atoms with E-state index >= 15 is 0 Å².